The molecule has 8 heteroatoms. The molecule has 1 amide bonds. The number of aryl methyl sites for hydroxylation is 1. The number of hydrogen-bond acceptors (Lipinski definition) is 6. The van der Waals surface area contributed by atoms with E-state index in [4.69, 9.17) is 11.6 Å². The number of carbonyl (C=O) groups excluding carboxylic acids is 1. The van der Waals surface area contributed by atoms with E-state index < -0.39 is 0 Å². The number of halogens is 1. The van der Waals surface area contributed by atoms with Crippen LogP contribution in [0.15, 0.2) is 79.3 Å². The molecule has 0 bridgehead atoms. The summed E-state index contributed by atoms with van der Waals surface area (Å²) in [5, 5.41) is 9.75. The van der Waals surface area contributed by atoms with Crippen LogP contribution in [-0.2, 0) is 0 Å². The Morgan fingerprint density at radius 3 is 2.26 bits per heavy atom. The highest BCUT2D eigenvalue weighted by Crippen LogP contribution is 2.21. The number of amides is 1. The molecule has 0 spiro atoms. The van der Waals surface area contributed by atoms with Gasteiger partial charge in [-0.05, 0) is 67.1 Å². The molecule has 4 aromatic rings. The molecule has 0 aliphatic carbocycles. The zero-order valence-corrected chi connectivity index (χ0v) is 17.4. The zero-order valence-electron chi connectivity index (χ0n) is 16.6. The van der Waals surface area contributed by atoms with Crippen LogP contribution in [-0.4, -0.2) is 20.9 Å². The Morgan fingerprint density at radius 1 is 0.806 bits per heavy atom. The van der Waals surface area contributed by atoms with Gasteiger partial charge in [-0.3, -0.25) is 4.79 Å². The van der Waals surface area contributed by atoms with E-state index in [1.165, 1.54) is 6.33 Å². The Morgan fingerprint density at radius 2 is 1.52 bits per heavy atom. The summed E-state index contributed by atoms with van der Waals surface area (Å²) in [4.78, 5) is 25.1. The number of anilines is 5. The minimum absolute atomic E-state index is 0.223. The molecule has 2 heterocycles. The van der Waals surface area contributed by atoms with Gasteiger partial charge in [0.25, 0.3) is 5.91 Å². The van der Waals surface area contributed by atoms with Crippen LogP contribution in [0.3, 0.4) is 0 Å². The zero-order chi connectivity index (χ0) is 21.6. The Bertz CT molecular complexity index is 1210. The first kappa shape index (κ1) is 20.3. The lowest BCUT2D eigenvalue weighted by atomic mass is 10.2. The van der Waals surface area contributed by atoms with Crippen molar-refractivity contribution in [2.24, 2.45) is 0 Å². The number of benzene rings is 2. The van der Waals surface area contributed by atoms with Crippen molar-refractivity contribution in [1.29, 1.82) is 0 Å². The quantitative estimate of drug-likeness (QED) is 0.370. The number of nitrogens with zero attached hydrogens (tertiary/aromatic N) is 3. The molecular weight excluding hydrogens is 412 g/mol. The molecule has 0 radical (unpaired) electrons. The van der Waals surface area contributed by atoms with Crippen LogP contribution in [0.2, 0.25) is 5.02 Å². The van der Waals surface area contributed by atoms with E-state index in [1.807, 2.05) is 43.3 Å². The standard InChI is InChI=1S/C23H19ClN6O/c1-15-9-10-25-20(11-15)30-22-13-21(26-14-27-22)28-18-5-7-19(8-6-18)29-23(31)16-3-2-4-17(24)12-16/h2-14H,1H3,(H,29,31)(H2,25,26,27,28,30). The summed E-state index contributed by atoms with van der Waals surface area (Å²) in [5.41, 5.74) is 3.09. The summed E-state index contributed by atoms with van der Waals surface area (Å²) in [6.07, 6.45) is 3.21. The number of carbonyl (C=O) groups is 1. The fourth-order valence-electron chi connectivity index (χ4n) is 2.85. The van der Waals surface area contributed by atoms with Gasteiger partial charge in [0.1, 0.15) is 23.8 Å². The van der Waals surface area contributed by atoms with Crippen molar-refractivity contribution in [1.82, 2.24) is 15.0 Å². The van der Waals surface area contributed by atoms with Gasteiger partial charge in [0.15, 0.2) is 0 Å². The average Bonchev–Trinajstić information content (AvgIpc) is 2.75. The molecule has 4 rings (SSSR count). The van der Waals surface area contributed by atoms with Crippen LogP contribution in [0.1, 0.15) is 15.9 Å². The number of aromatic nitrogens is 3. The van der Waals surface area contributed by atoms with Gasteiger partial charge in [-0.2, -0.15) is 0 Å². The minimum Gasteiger partial charge on any atom is -0.340 e. The lowest BCUT2D eigenvalue weighted by Crippen LogP contribution is -2.11. The normalized spacial score (nSPS) is 10.4. The molecule has 2 aromatic heterocycles. The molecule has 154 valence electrons. The van der Waals surface area contributed by atoms with Crippen molar-refractivity contribution in [3.8, 4) is 0 Å². The molecule has 0 saturated heterocycles. The number of nitrogens with one attached hydrogen (secondary N) is 3. The first-order chi connectivity index (χ1) is 15.0. The second-order valence-corrected chi connectivity index (χ2v) is 7.24. The van der Waals surface area contributed by atoms with Gasteiger partial charge in [-0.25, -0.2) is 15.0 Å². The van der Waals surface area contributed by atoms with Crippen molar-refractivity contribution in [2.45, 2.75) is 6.92 Å². The van der Waals surface area contributed by atoms with Crippen LogP contribution in [0.25, 0.3) is 0 Å². The summed E-state index contributed by atoms with van der Waals surface area (Å²) in [7, 11) is 0. The van der Waals surface area contributed by atoms with Crippen molar-refractivity contribution >= 4 is 46.3 Å². The minimum atomic E-state index is -0.223. The van der Waals surface area contributed by atoms with Crippen molar-refractivity contribution in [3.05, 3.63) is 95.4 Å². The maximum Gasteiger partial charge on any atom is 0.255 e. The highest BCUT2D eigenvalue weighted by molar-refractivity contribution is 6.31. The lowest BCUT2D eigenvalue weighted by Gasteiger charge is -2.10. The molecule has 7 nitrogen and oxygen atoms in total. The predicted octanol–water partition coefficient (Wildman–Crippen LogP) is 5.57. The third-order valence-electron chi connectivity index (χ3n) is 4.34. The second-order valence-electron chi connectivity index (χ2n) is 6.80. The molecular formula is C23H19ClN6O. The van der Waals surface area contributed by atoms with Crippen molar-refractivity contribution in [3.63, 3.8) is 0 Å². The number of pyridine rings is 1. The highest BCUT2D eigenvalue weighted by atomic mass is 35.5. The number of rotatable bonds is 6. The molecule has 0 aliphatic rings. The van der Waals surface area contributed by atoms with E-state index in [0.29, 0.717) is 33.7 Å². The van der Waals surface area contributed by atoms with Gasteiger partial charge < -0.3 is 16.0 Å². The topological polar surface area (TPSA) is 91.8 Å². The maximum absolute atomic E-state index is 12.3. The van der Waals surface area contributed by atoms with Gasteiger partial charge >= 0.3 is 0 Å². The summed E-state index contributed by atoms with van der Waals surface area (Å²) in [6, 6.07) is 19.8. The van der Waals surface area contributed by atoms with Gasteiger partial charge in [-0.15, -0.1) is 0 Å². The van der Waals surface area contributed by atoms with Gasteiger partial charge in [0, 0.05) is 34.2 Å². The summed E-state index contributed by atoms with van der Waals surface area (Å²) in [5.74, 6) is 1.74. The fraction of sp³-hybridized carbons (Fsp3) is 0.0435. The Labute approximate surface area is 184 Å². The number of hydrogen-bond donors (Lipinski definition) is 3. The van der Waals surface area contributed by atoms with Crippen LogP contribution >= 0.6 is 11.6 Å². The monoisotopic (exact) mass is 430 g/mol. The molecule has 0 atom stereocenters. The summed E-state index contributed by atoms with van der Waals surface area (Å²) >= 11 is 5.95. The second kappa shape index (κ2) is 9.23. The Kier molecular flexibility index (Phi) is 6.05. The molecule has 0 fully saturated rings. The van der Waals surface area contributed by atoms with E-state index in [0.717, 1.165) is 11.3 Å². The van der Waals surface area contributed by atoms with E-state index in [2.05, 4.69) is 30.9 Å². The summed E-state index contributed by atoms with van der Waals surface area (Å²) in [6.45, 7) is 2.00. The molecule has 0 saturated carbocycles. The summed E-state index contributed by atoms with van der Waals surface area (Å²) < 4.78 is 0. The van der Waals surface area contributed by atoms with E-state index in [9.17, 15) is 4.79 Å². The van der Waals surface area contributed by atoms with Gasteiger partial charge in [0.05, 0.1) is 0 Å². The first-order valence-corrected chi connectivity index (χ1v) is 9.89. The molecule has 31 heavy (non-hydrogen) atoms. The van der Waals surface area contributed by atoms with E-state index in [-0.39, 0.29) is 5.91 Å². The maximum atomic E-state index is 12.3. The van der Waals surface area contributed by atoms with Crippen molar-refractivity contribution in [2.75, 3.05) is 16.0 Å². The highest BCUT2D eigenvalue weighted by Gasteiger charge is 2.07. The molecule has 2 aromatic carbocycles. The fourth-order valence-corrected chi connectivity index (χ4v) is 3.04. The van der Waals surface area contributed by atoms with Crippen LogP contribution in [0.4, 0.5) is 28.8 Å². The molecule has 0 aliphatic heterocycles. The first-order valence-electron chi connectivity index (χ1n) is 9.51. The smallest absolute Gasteiger partial charge is 0.255 e. The average molecular weight is 431 g/mol. The molecule has 0 unspecified atom stereocenters. The Balaban J connectivity index is 1.40. The SMILES string of the molecule is Cc1ccnc(Nc2cc(Nc3ccc(NC(=O)c4cccc(Cl)c4)cc3)ncn2)c1. The largest absolute Gasteiger partial charge is 0.340 e. The van der Waals surface area contributed by atoms with Crippen molar-refractivity contribution < 1.29 is 4.79 Å². The van der Waals surface area contributed by atoms with E-state index in [1.54, 1.807) is 36.5 Å². The Hall–Kier alpha value is -3.97. The van der Waals surface area contributed by atoms with E-state index >= 15 is 0 Å². The van der Waals surface area contributed by atoms with Crippen LogP contribution in [0.5, 0.6) is 0 Å². The van der Waals surface area contributed by atoms with Gasteiger partial charge in [-0.1, -0.05) is 17.7 Å². The van der Waals surface area contributed by atoms with Crippen LogP contribution in [0, 0.1) is 6.92 Å². The lowest BCUT2D eigenvalue weighted by molar-refractivity contribution is 0.102. The predicted molar refractivity (Wildman–Crippen MR) is 123 cm³/mol. The molecule has 3 N–H and O–H groups in total. The third-order valence-corrected chi connectivity index (χ3v) is 4.58. The van der Waals surface area contributed by atoms with Gasteiger partial charge in [0.2, 0.25) is 0 Å². The van der Waals surface area contributed by atoms with Crippen LogP contribution < -0.4 is 16.0 Å². The third kappa shape index (κ3) is 5.55.